The molecule has 0 aromatic carbocycles. The van der Waals surface area contributed by atoms with Crippen LogP contribution in [0.1, 0.15) is 13.3 Å². The summed E-state index contributed by atoms with van der Waals surface area (Å²) in [5.74, 6) is 0. The number of hydrogen-bond acceptors (Lipinski definition) is 0. The molecule has 0 aliphatic carbocycles. The Morgan fingerprint density at radius 1 is 1.25 bits per heavy atom. The Kier molecular flexibility index (Phi) is 3.65. The van der Waals surface area contributed by atoms with Crippen molar-refractivity contribution in [1.29, 1.82) is 0 Å². The molecule has 0 aliphatic rings. The molecule has 0 saturated heterocycles. The topological polar surface area (TPSA) is 0 Å². The van der Waals surface area contributed by atoms with Gasteiger partial charge in [-0.1, -0.05) is 39.0 Å². The van der Waals surface area contributed by atoms with E-state index in [2.05, 4.69) is 26.6 Å². The molecule has 0 spiro atoms. The van der Waals surface area contributed by atoms with Crippen molar-refractivity contribution in [3.8, 4) is 0 Å². The first-order chi connectivity index (χ1) is 3.56. The van der Waals surface area contributed by atoms with Gasteiger partial charge in [0.2, 0.25) is 0 Å². The van der Waals surface area contributed by atoms with Crippen molar-refractivity contribution in [2.75, 3.05) is 0 Å². The lowest BCUT2D eigenvalue weighted by Crippen LogP contribution is -2.29. The van der Waals surface area contributed by atoms with E-state index < -0.39 is 7.59 Å². The molecule has 0 rings (SSSR count). The van der Waals surface area contributed by atoms with Crippen molar-refractivity contribution in [2.24, 2.45) is 0 Å². The molecule has 0 aromatic heterocycles. The molecule has 50 valence electrons. The molecule has 0 fully saturated rings. The fourth-order valence-corrected chi connectivity index (χ4v) is 6.36. The SMILES string of the molecule is CCC[SiH2][Si](C)(C)C. The van der Waals surface area contributed by atoms with Crippen LogP contribution in [0.4, 0.5) is 0 Å². The normalized spacial score (nSPS) is 13.5. The van der Waals surface area contributed by atoms with Gasteiger partial charge in [0.05, 0.1) is 0 Å². The zero-order valence-electron chi connectivity index (χ0n) is 6.62. The average molecular weight is 146 g/mol. The summed E-state index contributed by atoms with van der Waals surface area (Å²) in [4.78, 5) is 0. The predicted molar refractivity (Wildman–Crippen MR) is 47.0 cm³/mol. The predicted octanol–water partition coefficient (Wildman–Crippen LogP) is 1.82. The van der Waals surface area contributed by atoms with Gasteiger partial charge in [-0.3, -0.25) is 0 Å². The summed E-state index contributed by atoms with van der Waals surface area (Å²) in [5.41, 5.74) is 0. The Labute approximate surface area is 56.3 Å². The summed E-state index contributed by atoms with van der Waals surface area (Å²) in [6.07, 6.45) is 1.43. The molecule has 0 nitrogen and oxygen atoms in total. The van der Waals surface area contributed by atoms with E-state index in [0.717, 1.165) is 0 Å². The Balaban J connectivity index is 3.11. The second-order valence-electron chi connectivity index (χ2n) is 3.66. The molecule has 8 heavy (non-hydrogen) atoms. The molecular weight excluding hydrogens is 128 g/mol. The minimum Gasteiger partial charge on any atom is -0.0720 e. The van der Waals surface area contributed by atoms with Crippen molar-refractivity contribution in [3.63, 3.8) is 0 Å². The van der Waals surface area contributed by atoms with E-state index in [1.807, 2.05) is 0 Å². The third-order valence-electron chi connectivity index (χ3n) is 1.28. The molecule has 0 aliphatic heterocycles. The summed E-state index contributed by atoms with van der Waals surface area (Å²) in [6, 6.07) is 1.58. The lowest BCUT2D eigenvalue weighted by atomic mass is 10.6. The van der Waals surface area contributed by atoms with Crippen molar-refractivity contribution >= 4 is 16.6 Å². The molecule has 2 heteroatoms. The summed E-state index contributed by atoms with van der Waals surface area (Å²) in [5, 5.41) is 0. The molecule has 0 saturated carbocycles. The van der Waals surface area contributed by atoms with Crippen molar-refractivity contribution in [2.45, 2.75) is 39.0 Å². The highest BCUT2D eigenvalue weighted by Crippen LogP contribution is 2.01. The van der Waals surface area contributed by atoms with Crippen molar-refractivity contribution < 1.29 is 0 Å². The second kappa shape index (κ2) is 3.46. The quantitative estimate of drug-likeness (QED) is 0.533. The average Bonchev–Trinajstić information content (AvgIpc) is 1.59. The van der Waals surface area contributed by atoms with E-state index >= 15 is 0 Å². The van der Waals surface area contributed by atoms with Crippen LogP contribution in [0.25, 0.3) is 0 Å². The van der Waals surface area contributed by atoms with Gasteiger partial charge < -0.3 is 0 Å². The van der Waals surface area contributed by atoms with Gasteiger partial charge in [0.25, 0.3) is 0 Å². The van der Waals surface area contributed by atoms with Crippen molar-refractivity contribution in [3.05, 3.63) is 0 Å². The maximum atomic E-state index is 2.49. The summed E-state index contributed by atoms with van der Waals surface area (Å²) in [7, 11) is -0.151. The monoisotopic (exact) mass is 146 g/mol. The first-order valence-electron chi connectivity index (χ1n) is 3.56. The van der Waals surface area contributed by atoms with E-state index in [0.29, 0.717) is 9.04 Å². The minimum atomic E-state index is -0.539. The van der Waals surface area contributed by atoms with E-state index in [9.17, 15) is 0 Å². The van der Waals surface area contributed by atoms with Crippen LogP contribution in [0.2, 0.25) is 25.7 Å². The van der Waals surface area contributed by atoms with Gasteiger partial charge in [0.1, 0.15) is 0 Å². The Morgan fingerprint density at radius 3 is 1.88 bits per heavy atom. The smallest absolute Gasteiger partial charge is 0.0310 e. The highest BCUT2D eigenvalue weighted by Gasteiger charge is 2.10. The van der Waals surface area contributed by atoms with Gasteiger partial charge in [-0.15, -0.1) is 0 Å². The molecule has 0 N–H and O–H groups in total. The highest BCUT2D eigenvalue weighted by atomic mass is 29.2. The zero-order chi connectivity index (χ0) is 6.62. The Hall–Kier alpha value is 0.434. The van der Waals surface area contributed by atoms with Crippen LogP contribution in [-0.2, 0) is 0 Å². The summed E-state index contributed by atoms with van der Waals surface area (Å²) in [6.45, 7) is 9.78. The molecule has 0 radical (unpaired) electrons. The number of hydrogen-bond donors (Lipinski definition) is 0. The molecular formula is C6H18Si2. The standard InChI is InChI=1S/C6H18Si2/c1-5-6-7-8(2,3)4/h5-7H2,1-4H3. The molecule has 0 unspecified atom stereocenters. The molecule has 0 heterocycles. The second-order valence-corrected chi connectivity index (χ2v) is 17.9. The van der Waals surface area contributed by atoms with Gasteiger partial charge >= 0.3 is 0 Å². The van der Waals surface area contributed by atoms with Gasteiger partial charge in [0, 0.05) is 16.6 Å². The maximum absolute atomic E-state index is 2.49. The van der Waals surface area contributed by atoms with Gasteiger partial charge in [-0.25, -0.2) is 0 Å². The third-order valence-corrected chi connectivity index (χ3v) is 9.40. The molecule has 0 atom stereocenters. The first-order valence-corrected chi connectivity index (χ1v) is 10.4. The molecule has 0 bridgehead atoms. The Bertz CT molecular complexity index is 54.0. The van der Waals surface area contributed by atoms with Crippen LogP contribution < -0.4 is 0 Å². The molecule has 0 amide bonds. The van der Waals surface area contributed by atoms with Gasteiger partial charge in [-0.2, -0.15) is 0 Å². The number of rotatable bonds is 3. The third kappa shape index (κ3) is 6.43. The van der Waals surface area contributed by atoms with Gasteiger partial charge in [-0.05, 0) is 0 Å². The fourth-order valence-electron chi connectivity index (χ4n) is 0.707. The molecule has 0 aromatic rings. The van der Waals surface area contributed by atoms with Crippen LogP contribution in [0.5, 0.6) is 0 Å². The van der Waals surface area contributed by atoms with E-state index in [4.69, 9.17) is 0 Å². The van der Waals surface area contributed by atoms with Crippen molar-refractivity contribution in [1.82, 2.24) is 0 Å². The van der Waals surface area contributed by atoms with Gasteiger partial charge in [0.15, 0.2) is 0 Å². The maximum Gasteiger partial charge on any atom is 0.0310 e. The van der Waals surface area contributed by atoms with Crippen LogP contribution in [0.3, 0.4) is 0 Å². The van der Waals surface area contributed by atoms with Crippen LogP contribution in [0.15, 0.2) is 0 Å². The van der Waals surface area contributed by atoms with E-state index in [-0.39, 0.29) is 0 Å². The minimum absolute atomic E-state index is 0.389. The van der Waals surface area contributed by atoms with E-state index in [1.54, 1.807) is 6.04 Å². The lowest BCUT2D eigenvalue weighted by molar-refractivity contribution is 1.08. The lowest BCUT2D eigenvalue weighted by Gasteiger charge is -2.12. The fraction of sp³-hybridized carbons (Fsp3) is 1.00. The Morgan fingerprint density at radius 2 is 1.75 bits per heavy atom. The summed E-state index contributed by atoms with van der Waals surface area (Å²) < 4.78 is 0. The van der Waals surface area contributed by atoms with Crippen LogP contribution in [0, 0.1) is 0 Å². The van der Waals surface area contributed by atoms with E-state index in [1.165, 1.54) is 6.42 Å². The summed E-state index contributed by atoms with van der Waals surface area (Å²) >= 11 is 0. The largest absolute Gasteiger partial charge is 0.0720 e. The highest BCUT2D eigenvalue weighted by molar-refractivity contribution is 7.23. The zero-order valence-corrected chi connectivity index (χ0v) is 9.04. The van der Waals surface area contributed by atoms with Crippen LogP contribution in [-0.4, -0.2) is 16.6 Å². The van der Waals surface area contributed by atoms with Crippen LogP contribution >= 0.6 is 0 Å². The first kappa shape index (κ1) is 8.43.